The Bertz CT molecular complexity index is 1400. The van der Waals surface area contributed by atoms with Gasteiger partial charge in [-0.2, -0.15) is 0 Å². The molecule has 1 N–H and O–H groups in total. The molecule has 0 radical (unpaired) electrons. The molecule has 0 fully saturated rings. The molecule has 0 heterocycles. The summed E-state index contributed by atoms with van der Waals surface area (Å²) in [6, 6.07) is 27.5. The Morgan fingerprint density at radius 3 is 2.23 bits per heavy atom. The second kappa shape index (κ2) is 13.5. The zero-order valence-corrected chi connectivity index (χ0v) is 23.6. The Kier molecular flexibility index (Phi) is 9.85. The van der Waals surface area contributed by atoms with E-state index in [9.17, 15) is 9.59 Å². The lowest BCUT2D eigenvalue weighted by molar-refractivity contribution is -0.143. The van der Waals surface area contributed by atoms with E-state index in [4.69, 9.17) is 27.9 Å². The monoisotopic (exact) mass is 562 g/mol. The molecule has 0 saturated carbocycles. The first kappa shape index (κ1) is 28.5. The molecular weight excluding hydrogens is 531 g/mol. The normalized spacial score (nSPS) is 12.5. The van der Waals surface area contributed by atoms with Crippen molar-refractivity contribution in [2.45, 2.75) is 45.3 Å². The number of halogens is 2. The lowest BCUT2D eigenvalue weighted by Crippen LogP contribution is -2.53. The number of nitrogens with zero attached hydrogens (tertiary/aromatic N) is 1. The van der Waals surface area contributed by atoms with Crippen LogP contribution in [0.5, 0.6) is 5.75 Å². The van der Waals surface area contributed by atoms with Crippen molar-refractivity contribution < 1.29 is 14.3 Å². The number of hydrogen-bond acceptors (Lipinski definition) is 3. The van der Waals surface area contributed by atoms with E-state index in [-0.39, 0.29) is 31.0 Å². The third-order valence-corrected chi connectivity index (χ3v) is 7.47. The topological polar surface area (TPSA) is 58.6 Å². The molecule has 0 saturated heterocycles. The Hall–Kier alpha value is -3.54. The lowest BCUT2D eigenvalue weighted by Gasteiger charge is -2.32. The number of carbonyl (C=O) groups is 2. The Balaban J connectivity index is 1.69. The number of benzene rings is 4. The first-order chi connectivity index (χ1) is 18.9. The summed E-state index contributed by atoms with van der Waals surface area (Å²) >= 11 is 13.0. The molecule has 2 amide bonds. The SMILES string of the molecule is CC[C@H](C)NC(=O)[C@H](Cc1ccccc1)N(Cc1c(Cl)cccc1Cl)C(=O)COc1cccc2ccccc12. The molecule has 0 aliphatic carbocycles. The average Bonchev–Trinajstić information content (AvgIpc) is 2.95. The molecule has 0 aromatic heterocycles. The van der Waals surface area contributed by atoms with E-state index in [1.54, 1.807) is 18.2 Å². The second-order valence-corrected chi connectivity index (χ2v) is 10.3. The Morgan fingerprint density at radius 1 is 0.872 bits per heavy atom. The third-order valence-electron chi connectivity index (χ3n) is 6.76. The molecular formula is C32H32Cl2N2O3. The highest BCUT2D eigenvalue weighted by atomic mass is 35.5. The number of carbonyl (C=O) groups excluding carboxylic acids is 2. The van der Waals surface area contributed by atoms with Crippen molar-refractivity contribution in [3.8, 4) is 5.75 Å². The van der Waals surface area contributed by atoms with Crippen LogP contribution in [0.15, 0.2) is 91.0 Å². The number of fused-ring (bicyclic) bond motifs is 1. The van der Waals surface area contributed by atoms with Gasteiger partial charge in [0.25, 0.3) is 5.91 Å². The molecule has 0 spiro atoms. The van der Waals surface area contributed by atoms with Crippen molar-refractivity contribution in [3.63, 3.8) is 0 Å². The fourth-order valence-corrected chi connectivity index (χ4v) is 4.91. The molecule has 39 heavy (non-hydrogen) atoms. The van der Waals surface area contributed by atoms with Crippen LogP contribution in [0.1, 0.15) is 31.4 Å². The quantitative estimate of drug-likeness (QED) is 0.212. The van der Waals surface area contributed by atoms with E-state index >= 15 is 0 Å². The first-order valence-electron chi connectivity index (χ1n) is 13.0. The number of ether oxygens (including phenoxy) is 1. The summed E-state index contributed by atoms with van der Waals surface area (Å²) in [4.78, 5) is 29.1. The molecule has 2 atom stereocenters. The van der Waals surface area contributed by atoms with Crippen molar-refractivity contribution in [2.75, 3.05) is 6.61 Å². The summed E-state index contributed by atoms with van der Waals surface area (Å²) in [6.07, 6.45) is 1.09. The predicted octanol–water partition coefficient (Wildman–Crippen LogP) is 7.08. The maximum Gasteiger partial charge on any atom is 0.261 e. The van der Waals surface area contributed by atoms with E-state index in [0.717, 1.165) is 22.8 Å². The highest BCUT2D eigenvalue weighted by molar-refractivity contribution is 6.36. The number of rotatable bonds is 11. The van der Waals surface area contributed by atoms with Gasteiger partial charge in [0.1, 0.15) is 11.8 Å². The maximum absolute atomic E-state index is 13.9. The van der Waals surface area contributed by atoms with Crippen molar-refractivity contribution in [3.05, 3.63) is 112 Å². The molecule has 0 aliphatic heterocycles. The predicted molar refractivity (Wildman–Crippen MR) is 158 cm³/mol. The molecule has 5 nitrogen and oxygen atoms in total. The minimum Gasteiger partial charge on any atom is -0.483 e. The Labute approximate surface area is 239 Å². The highest BCUT2D eigenvalue weighted by Gasteiger charge is 2.32. The van der Waals surface area contributed by atoms with Crippen molar-refractivity contribution >= 4 is 45.8 Å². The number of nitrogens with one attached hydrogen (secondary N) is 1. The van der Waals surface area contributed by atoms with Crippen LogP contribution in [-0.2, 0) is 22.6 Å². The zero-order chi connectivity index (χ0) is 27.8. The van der Waals surface area contributed by atoms with Gasteiger partial charge in [0.15, 0.2) is 6.61 Å². The maximum atomic E-state index is 13.9. The van der Waals surface area contributed by atoms with Crippen LogP contribution in [0.25, 0.3) is 10.8 Å². The van der Waals surface area contributed by atoms with Crippen molar-refractivity contribution in [2.24, 2.45) is 0 Å². The number of amides is 2. The summed E-state index contributed by atoms with van der Waals surface area (Å²) in [5.74, 6) is 0.00915. The van der Waals surface area contributed by atoms with Gasteiger partial charge < -0.3 is 15.0 Å². The minimum atomic E-state index is -0.808. The summed E-state index contributed by atoms with van der Waals surface area (Å²) in [7, 11) is 0. The van der Waals surface area contributed by atoms with Crippen LogP contribution >= 0.6 is 23.2 Å². The molecule has 0 aliphatic rings. The van der Waals surface area contributed by atoms with E-state index in [0.29, 0.717) is 27.8 Å². The molecule has 0 unspecified atom stereocenters. The molecule has 4 aromatic rings. The third kappa shape index (κ3) is 7.31. The van der Waals surface area contributed by atoms with Crippen molar-refractivity contribution in [1.29, 1.82) is 0 Å². The molecule has 4 aromatic carbocycles. The van der Waals surface area contributed by atoms with E-state index in [1.807, 2.05) is 86.6 Å². The van der Waals surface area contributed by atoms with Gasteiger partial charge in [-0.3, -0.25) is 9.59 Å². The van der Waals surface area contributed by atoms with Crippen LogP contribution in [0.4, 0.5) is 0 Å². The van der Waals surface area contributed by atoms with Gasteiger partial charge >= 0.3 is 0 Å². The van der Waals surface area contributed by atoms with Gasteiger partial charge in [0, 0.05) is 40.0 Å². The van der Waals surface area contributed by atoms with Crippen LogP contribution in [0.3, 0.4) is 0 Å². The van der Waals surface area contributed by atoms with E-state index in [1.165, 1.54) is 4.90 Å². The summed E-state index contributed by atoms with van der Waals surface area (Å²) in [6.45, 7) is 3.75. The van der Waals surface area contributed by atoms with Crippen molar-refractivity contribution in [1.82, 2.24) is 10.2 Å². The number of hydrogen-bond donors (Lipinski definition) is 1. The molecule has 4 rings (SSSR count). The van der Waals surface area contributed by atoms with Crippen LogP contribution in [-0.4, -0.2) is 35.4 Å². The van der Waals surface area contributed by atoms with Crippen LogP contribution < -0.4 is 10.1 Å². The van der Waals surface area contributed by atoms with E-state index in [2.05, 4.69) is 5.32 Å². The molecule has 7 heteroatoms. The van der Waals surface area contributed by atoms with Crippen LogP contribution in [0, 0.1) is 0 Å². The van der Waals surface area contributed by atoms with Gasteiger partial charge in [-0.25, -0.2) is 0 Å². The second-order valence-electron chi connectivity index (χ2n) is 9.51. The standard InChI is InChI=1S/C32H32Cl2N2O3/c1-3-22(2)35-32(38)29(19-23-11-5-4-6-12-23)36(20-26-27(33)16-10-17-28(26)34)31(37)21-39-30-18-9-14-24-13-7-8-15-25(24)30/h4-18,22,29H,3,19-21H2,1-2H3,(H,35,38)/t22-,29-/m0/s1. The Morgan fingerprint density at radius 2 is 1.51 bits per heavy atom. The summed E-state index contributed by atoms with van der Waals surface area (Å²) in [5, 5.41) is 5.83. The zero-order valence-electron chi connectivity index (χ0n) is 22.1. The lowest BCUT2D eigenvalue weighted by atomic mass is 10.0. The molecule has 202 valence electrons. The van der Waals surface area contributed by atoms with Crippen LogP contribution in [0.2, 0.25) is 10.0 Å². The van der Waals surface area contributed by atoms with Gasteiger partial charge in [-0.1, -0.05) is 103 Å². The van der Waals surface area contributed by atoms with Gasteiger partial charge in [0.05, 0.1) is 0 Å². The fourth-order valence-electron chi connectivity index (χ4n) is 4.39. The summed E-state index contributed by atoms with van der Waals surface area (Å²) < 4.78 is 6.05. The summed E-state index contributed by atoms with van der Waals surface area (Å²) in [5.41, 5.74) is 1.51. The van der Waals surface area contributed by atoms with E-state index < -0.39 is 6.04 Å². The van der Waals surface area contributed by atoms with Gasteiger partial charge in [-0.05, 0) is 42.5 Å². The molecule has 0 bridgehead atoms. The van der Waals surface area contributed by atoms with Gasteiger partial charge in [-0.15, -0.1) is 0 Å². The smallest absolute Gasteiger partial charge is 0.261 e. The minimum absolute atomic E-state index is 0.0523. The average molecular weight is 564 g/mol. The van der Waals surface area contributed by atoms with Gasteiger partial charge in [0.2, 0.25) is 5.91 Å². The largest absolute Gasteiger partial charge is 0.483 e. The highest BCUT2D eigenvalue weighted by Crippen LogP contribution is 2.28. The fraction of sp³-hybridized carbons (Fsp3) is 0.250. The first-order valence-corrected chi connectivity index (χ1v) is 13.8.